The van der Waals surface area contributed by atoms with Gasteiger partial charge in [0, 0.05) is 17.3 Å². The Kier molecular flexibility index (Phi) is 6.57. The van der Waals surface area contributed by atoms with Crippen molar-refractivity contribution < 1.29 is 18.0 Å². The first kappa shape index (κ1) is 24.0. The molecule has 0 bridgehead atoms. The number of aromatic nitrogens is 2. The molecule has 10 heteroatoms. The molecular weight excluding hydrogens is 456 g/mol. The fourth-order valence-corrected chi connectivity index (χ4v) is 3.92. The number of nitrogens with one attached hydrogen (secondary N) is 2. The predicted octanol–water partition coefficient (Wildman–Crippen LogP) is 4.58. The third-order valence-corrected chi connectivity index (χ3v) is 5.61. The lowest BCUT2D eigenvalue weighted by Crippen LogP contribution is -2.31. The van der Waals surface area contributed by atoms with E-state index >= 15 is 0 Å². The van der Waals surface area contributed by atoms with Crippen molar-refractivity contribution in [1.29, 1.82) is 0 Å². The number of fused-ring (bicyclic) bond motifs is 1. The Labute approximate surface area is 199 Å². The van der Waals surface area contributed by atoms with Gasteiger partial charge in [-0.1, -0.05) is 12.1 Å². The number of nitrogens with zero attached hydrogens (tertiary/aromatic N) is 2. The summed E-state index contributed by atoms with van der Waals surface area (Å²) in [5, 5.41) is 3.58. The molecule has 0 saturated heterocycles. The number of nitrogen functional groups attached to an aromatic ring is 1. The SMILES string of the molecule is Cc1cc([C@@H](C)Nc2cccnc2C(=O)NN)c2oc(-c3cccc(C(F)F)n3)c(C)c(=O)c2c1. The minimum absolute atomic E-state index is 0.102. The Morgan fingerprint density at radius 2 is 1.91 bits per heavy atom. The van der Waals surface area contributed by atoms with Gasteiger partial charge in [0.25, 0.3) is 12.3 Å². The van der Waals surface area contributed by atoms with Crippen LogP contribution in [0, 0.1) is 13.8 Å². The van der Waals surface area contributed by atoms with Gasteiger partial charge in [0.05, 0.1) is 17.1 Å². The number of rotatable bonds is 6. The Morgan fingerprint density at radius 3 is 2.63 bits per heavy atom. The highest BCUT2D eigenvalue weighted by Crippen LogP contribution is 2.32. The van der Waals surface area contributed by atoms with Crippen LogP contribution >= 0.6 is 0 Å². The first-order valence-corrected chi connectivity index (χ1v) is 10.8. The highest BCUT2D eigenvalue weighted by molar-refractivity contribution is 5.97. The summed E-state index contributed by atoms with van der Waals surface area (Å²) in [6.45, 7) is 5.26. The van der Waals surface area contributed by atoms with Crippen LogP contribution in [0.15, 0.2) is 57.9 Å². The number of hydrogen-bond donors (Lipinski definition) is 3. The van der Waals surface area contributed by atoms with Crippen molar-refractivity contribution >= 4 is 22.6 Å². The molecule has 35 heavy (non-hydrogen) atoms. The molecule has 4 aromatic rings. The quantitative estimate of drug-likeness (QED) is 0.210. The van der Waals surface area contributed by atoms with Crippen molar-refractivity contribution in [2.45, 2.75) is 33.2 Å². The van der Waals surface area contributed by atoms with Gasteiger partial charge in [-0.25, -0.2) is 24.6 Å². The van der Waals surface area contributed by atoms with E-state index in [2.05, 4.69) is 20.7 Å². The largest absolute Gasteiger partial charge is 0.454 e. The number of aryl methyl sites for hydroxylation is 1. The van der Waals surface area contributed by atoms with Gasteiger partial charge < -0.3 is 9.73 Å². The fraction of sp³-hybridized carbons (Fsp3) is 0.200. The van der Waals surface area contributed by atoms with Crippen molar-refractivity contribution in [2.75, 3.05) is 5.32 Å². The summed E-state index contributed by atoms with van der Waals surface area (Å²) in [5.74, 6) is 4.82. The van der Waals surface area contributed by atoms with Crippen molar-refractivity contribution in [1.82, 2.24) is 15.4 Å². The lowest BCUT2D eigenvalue weighted by Gasteiger charge is -2.20. The first-order valence-electron chi connectivity index (χ1n) is 10.8. The van der Waals surface area contributed by atoms with Crippen molar-refractivity contribution in [3.8, 4) is 11.5 Å². The fourth-order valence-electron chi connectivity index (χ4n) is 3.92. The van der Waals surface area contributed by atoms with E-state index in [9.17, 15) is 18.4 Å². The number of anilines is 1. The number of nitrogens with two attached hydrogens (primary N) is 1. The van der Waals surface area contributed by atoms with Crippen LogP contribution in [0.25, 0.3) is 22.4 Å². The summed E-state index contributed by atoms with van der Waals surface area (Å²) in [7, 11) is 0. The van der Waals surface area contributed by atoms with Crippen molar-refractivity contribution in [3.63, 3.8) is 0 Å². The number of carbonyl (C=O) groups is 1. The average molecular weight is 479 g/mol. The van der Waals surface area contributed by atoms with E-state index in [-0.39, 0.29) is 28.1 Å². The van der Waals surface area contributed by atoms with Crippen LogP contribution in [0.5, 0.6) is 0 Å². The van der Waals surface area contributed by atoms with Gasteiger partial charge in [0.2, 0.25) is 0 Å². The molecule has 0 aliphatic carbocycles. The van der Waals surface area contributed by atoms with Crippen LogP contribution in [0.3, 0.4) is 0 Å². The number of alkyl halides is 2. The standard InChI is InChI=1S/C25H23F2N5O3/c1-12-10-15(14(3)30-17-8-5-9-29-20(17)25(34)32-28)23-16(11-12)21(33)13(2)22(35-23)18-6-4-7-19(31-18)24(26)27/h4-11,14,24,30H,28H2,1-3H3,(H,32,34)/t14-/m1/s1. The molecule has 1 atom stereocenters. The number of halogens is 2. The van der Waals surface area contributed by atoms with Crippen molar-refractivity contribution in [3.05, 3.63) is 87.0 Å². The van der Waals surface area contributed by atoms with E-state index in [0.29, 0.717) is 22.2 Å². The summed E-state index contributed by atoms with van der Waals surface area (Å²) < 4.78 is 32.6. The normalized spacial score (nSPS) is 12.1. The molecule has 4 rings (SSSR count). The second-order valence-corrected chi connectivity index (χ2v) is 8.10. The number of carbonyl (C=O) groups excluding carboxylic acids is 1. The molecule has 0 radical (unpaired) electrons. The molecule has 0 aliphatic rings. The lowest BCUT2D eigenvalue weighted by atomic mass is 9.99. The molecule has 4 N–H and O–H groups in total. The molecule has 1 amide bonds. The molecule has 0 saturated carbocycles. The Hall–Kier alpha value is -4.18. The topological polar surface area (TPSA) is 123 Å². The minimum Gasteiger partial charge on any atom is -0.454 e. The minimum atomic E-state index is -2.76. The Balaban J connectivity index is 1.87. The van der Waals surface area contributed by atoms with Crippen LogP contribution in [0.2, 0.25) is 0 Å². The van der Waals surface area contributed by atoms with Gasteiger partial charge in [-0.15, -0.1) is 0 Å². The number of benzene rings is 1. The summed E-state index contributed by atoms with van der Waals surface area (Å²) in [6.07, 6.45) is -1.29. The highest BCUT2D eigenvalue weighted by atomic mass is 19.3. The zero-order valence-corrected chi connectivity index (χ0v) is 19.2. The predicted molar refractivity (Wildman–Crippen MR) is 128 cm³/mol. The Bertz CT molecular complexity index is 1490. The summed E-state index contributed by atoms with van der Waals surface area (Å²) in [6, 6.07) is 10.7. The highest BCUT2D eigenvalue weighted by Gasteiger charge is 2.21. The summed E-state index contributed by atoms with van der Waals surface area (Å²) in [4.78, 5) is 33.5. The second kappa shape index (κ2) is 9.59. The smallest absolute Gasteiger partial charge is 0.285 e. The van der Waals surface area contributed by atoms with E-state index in [1.54, 1.807) is 25.1 Å². The molecule has 0 unspecified atom stereocenters. The second-order valence-electron chi connectivity index (χ2n) is 8.10. The lowest BCUT2D eigenvalue weighted by molar-refractivity contribution is 0.0949. The van der Waals surface area contributed by atoms with Crippen molar-refractivity contribution in [2.24, 2.45) is 5.84 Å². The maximum atomic E-state index is 13.3. The molecular formula is C25H23F2N5O3. The monoisotopic (exact) mass is 479 g/mol. The number of hydrogen-bond acceptors (Lipinski definition) is 7. The number of pyridine rings is 2. The molecule has 3 aromatic heterocycles. The molecule has 3 heterocycles. The maximum Gasteiger partial charge on any atom is 0.285 e. The molecule has 8 nitrogen and oxygen atoms in total. The van der Waals surface area contributed by atoms with Gasteiger partial charge in [-0.3, -0.25) is 15.0 Å². The van der Waals surface area contributed by atoms with Crippen LogP contribution in [-0.2, 0) is 0 Å². The van der Waals surface area contributed by atoms with Crippen LogP contribution in [0.4, 0.5) is 14.5 Å². The van der Waals surface area contributed by atoms with Gasteiger partial charge in [-0.2, -0.15) is 0 Å². The number of hydrazine groups is 1. The zero-order valence-electron chi connectivity index (χ0n) is 19.2. The zero-order chi connectivity index (χ0) is 25.3. The van der Waals surface area contributed by atoms with E-state index in [1.807, 2.05) is 19.9 Å². The van der Waals surface area contributed by atoms with E-state index in [4.69, 9.17) is 10.3 Å². The van der Waals surface area contributed by atoms with Gasteiger partial charge in [0.15, 0.2) is 16.9 Å². The van der Waals surface area contributed by atoms with Gasteiger partial charge in [-0.05, 0) is 56.7 Å². The summed E-state index contributed by atoms with van der Waals surface area (Å²) in [5.41, 5.74) is 4.05. The van der Waals surface area contributed by atoms with E-state index < -0.39 is 24.1 Å². The van der Waals surface area contributed by atoms with Gasteiger partial charge in [0.1, 0.15) is 17.0 Å². The van der Waals surface area contributed by atoms with E-state index in [0.717, 1.165) is 5.56 Å². The molecule has 1 aromatic carbocycles. The van der Waals surface area contributed by atoms with E-state index in [1.165, 1.54) is 24.4 Å². The molecule has 0 aliphatic heterocycles. The number of amides is 1. The van der Waals surface area contributed by atoms with Crippen LogP contribution < -0.4 is 22.0 Å². The molecule has 0 spiro atoms. The first-order chi connectivity index (χ1) is 16.7. The van der Waals surface area contributed by atoms with Gasteiger partial charge >= 0.3 is 0 Å². The third kappa shape index (κ3) is 4.60. The third-order valence-electron chi connectivity index (χ3n) is 5.61. The Morgan fingerprint density at radius 1 is 1.14 bits per heavy atom. The molecule has 0 fully saturated rings. The maximum absolute atomic E-state index is 13.3. The summed E-state index contributed by atoms with van der Waals surface area (Å²) >= 11 is 0. The van der Waals surface area contributed by atoms with Crippen LogP contribution in [-0.4, -0.2) is 15.9 Å². The molecule has 180 valence electrons. The average Bonchev–Trinajstić information content (AvgIpc) is 2.85. The van der Waals surface area contributed by atoms with Crippen LogP contribution in [0.1, 0.15) is 52.3 Å².